The summed E-state index contributed by atoms with van der Waals surface area (Å²) in [6.07, 6.45) is 0.0358. The summed E-state index contributed by atoms with van der Waals surface area (Å²) < 4.78 is 0. The molecule has 1 aromatic carbocycles. The zero-order valence-corrected chi connectivity index (χ0v) is 20.0. The number of nitrogens with one attached hydrogen (secondary N) is 4. The van der Waals surface area contributed by atoms with Crippen LogP contribution in [0.5, 0.6) is 0 Å². The quantitative estimate of drug-likeness (QED) is 0.142. The van der Waals surface area contributed by atoms with Gasteiger partial charge in [-0.05, 0) is 25.0 Å². The minimum Gasteiger partial charge on any atom is -0.481 e. The average molecular weight is 519 g/mol. The Morgan fingerprint density at radius 3 is 2.11 bits per heavy atom. The first-order valence-electron chi connectivity index (χ1n) is 11.3. The second-order valence-electron chi connectivity index (χ2n) is 8.48. The summed E-state index contributed by atoms with van der Waals surface area (Å²) in [6, 6.07) is 1.80. The van der Waals surface area contributed by atoms with Crippen LogP contribution < -0.4 is 27.4 Å². The van der Waals surface area contributed by atoms with Gasteiger partial charge in [0.2, 0.25) is 23.6 Å². The van der Waals surface area contributed by atoms with Gasteiger partial charge >= 0.3 is 11.9 Å². The van der Waals surface area contributed by atoms with Crippen LogP contribution in [0.25, 0.3) is 10.9 Å². The van der Waals surface area contributed by atoms with Crippen LogP contribution in [0, 0.1) is 0 Å². The van der Waals surface area contributed by atoms with Crippen molar-refractivity contribution in [3.63, 3.8) is 0 Å². The number of amides is 4. The molecule has 0 radical (unpaired) electrons. The minimum absolute atomic E-state index is 0.0998. The highest BCUT2D eigenvalue weighted by Crippen LogP contribution is 2.19. The molecule has 0 aliphatic rings. The third kappa shape index (κ3) is 8.61. The highest BCUT2D eigenvalue weighted by atomic mass is 16.4. The molecule has 4 atom stereocenters. The number of aromatic amines is 1. The largest absolute Gasteiger partial charge is 0.481 e. The second-order valence-corrected chi connectivity index (χ2v) is 8.48. The second kappa shape index (κ2) is 13.0. The Bertz CT molecular complexity index is 1180. The number of rotatable bonds is 14. The normalized spacial score (nSPS) is 14.1. The highest BCUT2D eigenvalue weighted by molar-refractivity contribution is 5.96. The summed E-state index contributed by atoms with van der Waals surface area (Å²) in [4.78, 5) is 75.2. The van der Waals surface area contributed by atoms with Gasteiger partial charge in [-0.15, -0.1) is 0 Å². The molecule has 0 saturated heterocycles. The molecule has 14 heteroatoms. The van der Waals surface area contributed by atoms with Gasteiger partial charge in [-0.2, -0.15) is 0 Å². The molecule has 0 bridgehead atoms. The summed E-state index contributed by atoms with van der Waals surface area (Å²) in [5.74, 6) is -6.18. The number of hydrogen-bond donors (Lipinski definition) is 8. The van der Waals surface area contributed by atoms with Gasteiger partial charge in [-0.3, -0.25) is 24.0 Å². The lowest BCUT2D eigenvalue weighted by Crippen LogP contribution is -2.58. The molecule has 2 aromatic rings. The number of carboxylic acids is 2. The van der Waals surface area contributed by atoms with Crippen LogP contribution in [-0.2, 0) is 35.2 Å². The van der Waals surface area contributed by atoms with Gasteiger partial charge in [0, 0.05) is 29.9 Å². The van der Waals surface area contributed by atoms with E-state index in [9.17, 15) is 33.9 Å². The van der Waals surface area contributed by atoms with E-state index < -0.39 is 72.6 Å². The number of aliphatic carboxylic acids is 2. The van der Waals surface area contributed by atoms with Gasteiger partial charge in [0.25, 0.3) is 0 Å². The SMILES string of the molecule is CC(N)C(=O)NC(CC(N)=O)C(=O)NC(Cc1c[nH]c2ccccc12)C(=O)NC(CCC(=O)O)C(=O)O. The summed E-state index contributed by atoms with van der Waals surface area (Å²) in [7, 11) is 0. The lowest BCUT2D eigenvalue weighted by Gasteiger charge is -2.24. The lowest BCUT2D eigenvalue weighted by atomic mass is 10.0. The fourth-order valence-electron chi connectivity index (χ4n) is 3.51. The smallest absolute Gasteiger partial charge is 0.326 e. The lowest BCUT2D eigenvalue weighted by molar-refractivity contribution is -0.143. The summed E-state index contributed by atoms with van der Waals surface area (Å²) in [5.41, 5.74) is 12.1. The maximum atomic E-state index is 13.1. The van der Waals surface area contributed by atoms with E-state index in [2.05, 4.69) is 20.9 Å². The maximum absolute atomic E-state index is 13.1. The Balaban J connectivity index is 2.33. The molecule has 200 valence electrons. The van der Waals surface area contributed by atoms with E-state index in [1.165, 1.54) is 6.92 Å². The molecule has 1 aromatic heterocycles. The van der Waals surface area contributed by atoms with Crippen molar-refractivity contribution in [1.82, 2.24) is 20.9 Å². The zero-order chi connectivity index (χ0) is 27.7. The molecule has 0 aliphatic heterocycles. The first-order chi connectivity index (χ1) is 17.4. The van der Waals surface area contributed by atoms with Gasteiger partial charge in [-0.25, -0.2) is 4.79 Å². The van der Waals surface area contributed by atoms with E-state index in [0.717, 1.165) is 10.9 Å². The third-order valence-corrected chi connectivity index (χ3v) is 5.45. The topological polar surface area (TPSA) is 247 Å². The van der Waals surface area contributed by atoms with Crippen LogP contribution in [0.3, 0.4) is 0 Å². The van der Waals surface area contributed by atoms with Crippen LogP contribution in [0.15, 0.2) is 30.5 Å². The standard InChI is InChI=1S/C23H30N6O8/c1-11(24)20(33)28-17(9-18(25)30)22(35)29-16(8-12-10-26-14-5-3-2-4-13(12)14)21(34)27-15(23(36)37)6-7-19(31)32/h2-5,10-11,15-17,26H,6-9,24H2,1H3,(H2,25,30)(H,27,34)(H,28,33)(H,29,35)(H,31,32)(H,36,37). The van der Waals surface area contributed by atoms with E-state index >= 15 is 0 Å². The molecule has 0 spiro atoms. The molecule has 10 N–H and O–H groups in total. The van der Waals surface area contributed by atoms with E-state index in [1.807, 2.05) is 0 Å². The highest BCUT2D eigenvalue weighted by Gasteiger charge is 2.31. The molecular formula is C23H30N6O8. The van der Waals surface area contributed by atoms with Crippen molar-refractivity contribution in [1.29, 1.82) is 0 Å². The molecule has 1 heterocycles. The average Bonchev–Trinajstić information content (AvgIpc) is 3.22. The Morgan fingerprint density at radius 2 is 1.51 bits per heavy atom. The van der Waals surface area contributed by atoms with Crippen molar-refractivity contribution < 1.29 is 39.0 Å². The van der Waals surface area contributed by atoms with Gasteiger partial charge in [0.1, 0.15) is 18.1 Å². The first kappa shape index (κ1) is 28.8. The van der Waals surface area contributed by atoms with Crippen LogP contribution in [0.1, 0.15) is 31.7 Å². The van der Waals surface area contributed by atoms with Crippen molar-refractivity contribution in [2.24, 2.45) is 11.5 Å². The molecule has 4 amide bonds. The number of nitrogens with two attached hydrogens (primary N) is 2. The molecule has 37 heavy (non-hydrogen) atoms. The van der Waals surface area contributed by atoms with Crippen LogP contribution >= 0.6 is 0 Å². The number of para-hydroxylation sites is 1. The number of carbonyl (C=O) groups is 6. The fourth-order valence-corrected chi connectivity index (χ4v) is 3.51. The van der Waals surface area contributed by atoms with Gasteiger partial charge in [-0.1, -0.05) is 18.2 Å². The Hall–Kier alpha value is -4.46. The van der Waals surface area contributed by atoms with Crippen LogP contribution in [0.4, 0.5) is 0 Å². The molecule has 0 aliphatic carbocycles. The van der Waals surface area contributed by atoms with Gasteiger partial charge < -0.3 is 42.6 Å². The molecule has 0 saturated carbocycles. The van der Waals surface area contributed by atoms with Crippen molar-refractivity contribution >= 4 is 46.5 Å². The van der Waals surface area contributed by atoms with Crippen molar-refractivity contribution in [2.75, 3.05) is 0 Å². The molecular weight excluding hydrogens is 488 g/mol. The number of H-pyrrole nitrogens is 1. The predicted molar refractivity (Wildman–Crippen MR) is 130 cm³/mol. The summed E-state index contributed by atoms with van der Waals surface area (Å²) in [6.45, 7) is 1.37. The van der Waals surface area contributed by atoms with E-state index in [0.29, 0.717) is 5.56 Å². The van der Waals surface area contributed by atoms with Gasteiger partial charge in [0.15, 0.2) is 0 Å². The number of hydrogen-bond acceptors (Lipinski definition) is 7. The van der Waals surface area contributed by atoms with E-state index in [4.69, 9.17) is 16.6 Å². The zero-order valence-electron chi connectivity index (χ0n) is 20.0. The Labute approximate surface area is 211 Å². The Morgan fingerprint density at radius 1 is 0.919 bits per heavy atom. The number of benzene rings is 1. The van der Waals surface area contributed by atoms with E-state index in [-0.39, 0.29) is 12.8 Å². The molecule has 2 rings (SSSR count). The molecule has 14 nitrogen and oxygen atoms in total. The van der Waals surface area contributed by atoms with Crippen molar-refractivity contribution in [3.05, 3.63) is 36.0 Å². The maximum Gasteiger partial charge on any atom is 0.326 e. The fraction of sp³-hybridized carbons (Fsp3) is 0.391. The first-order valence-corrected chi connectivity index (χ1v) is 11.3. The monoisotopic (exact) mass is 518 g/mol. The van der Waals surface area contributed by atoms with Gasteiger partial charge in [0.05, 0.1) is 12.5 Å². The van der Waals surface area contributed by atoms with E-state index in [1.54, 1.807) is 30.5 Å². The Kier molecular flexibility index (Phi) is 10.1. The van der Waals surface area contributed by atoms with Crippen molar-refractivity contribution in [3.8, 4) is 0 Å². The van der Waals surface area contributed by atoms with Crippen LogP contribution in [-0.4, -0.2) is 74.9 Å². The predicted octanol–water partition coefficient (Wildman–Crippen LogP) is -1.66. The van der Waals surface area contributed by atoms with Crippen LogP contribution in [0.2, 0.25) is 0 Å². The van der Waals surface area contributed by atoms with Crippen molar-refractivity contribution in [2.45, 2.75) is 56.8 Å². The molecule has 4 unspecified atom stereocenters. The summed E-state index contributed by atoms with van der Waals surface area (Å²) >= 11 is 0. The molecule has 0 fully saturated rings. The minimum atomic E-state index is -1.54. The number of carbonyl (C=O) groups excluding carboxylic acids is 4. The number of fused-ring (bicyclic) bond motifs is 1. The third-order valence-electron chi connectivity index (χ3n) is 5.45. The number of aromatic nitrogens is 1. The summed E-state index contributed by atoms with van der Waals surface area (Å²) in [5, 5.41) is 26.0. The number of primary amides is 1. The number of carboxylic acid groups (broad SMARTS) is 2.